The van der Waals surface area contributed by atoms with Gasteiger partial charge in [-0.3, -0.25) is 4.72 Å². The maximum atomic E-state index is 12.4. The lowest BCUT2D eigenvalue weighted by Gasteiger charge is -2.23. The highest BCUT2D eigenvalue weighted by atomic mass is 32.2. The summed E-state index contributed by atoms with van der Waals surface area (Å²) >= 11 is 0. The van der Waals surface area contributed by atoms with Crippen LogP contribution in [0.4, 0.5) is 14.5 Å². The van der Waals surface area contributed by atoms with E-state index in [1.54, 1.807) is 24.3 Å². The summed E-state index contributed by atoms with van der Waals surface area (Å²) in [6.07, 6.45) is 0.935. The Morgan fingerprint density at radius 2 is 1.60 bits per heavy atom. The molecule has 0 amide bonds. The Balaban J connectivity index is 2.16. The van der Waals surface area contributed by atoms with E-state index in [1.807, 2.05) is 0 Å². The summed E-state index contributed by atoms with van der Waals surface area (Å²) in [5.74, 6) is -0.0379. The molecule has 0 aliphatic rings. The number of hydrogen-bond donors (Lipinski definition) is 1. The van der Waals surface area contributed by atoms with E-state index in [1.165, 1.54) is 24.3 Å². The average Bonchev–Trinajstić information content (AvgIpc) is 2.56. The van der Waals surface area contributed by atoms with Crippen molar-refractivity contribution in [2.75, 3.05) is 4.72 Å². The van der Waals surface area contributed by atoms with Crippen LogP contribution < -0.4 is 9.46 Å². The van der Waals surface area contributed by atoms with Crippen LogP contribution in [0.2, 0.25) is 0 Å². The molecule has 2 rings (SSSR count). The minimum Gasteiger partial charge on any atom is -0.435 e. The zero-order valence-corrected chi connectivity index (χ0v) is 15.1. The van der Waals surface area contributed by atoms with Gasteiger partial charge in [0.25, 0.3) is 10.0 Å². The lowest BCUT2D eigenvalue weighted by atomic mass is 9.82. The predicted molar refractivity (Wildman–Crippen MR) is 93.6 cm³/mol. The first kappa shape index (κ1) is 19.2. The summed E-state index contributed by atoms with van der Waals surface area (Å²) in [6, 6.07) is 12.0. The van der Waals surface area contributed by atoms with Gasteiger partial charge >= 0.3 is 6.61 Å². The Bertz CT molecular complexity index is 801. The van der Waals surface area contributed by atoms with E-state index in [0.29, 0.717) is 0 Å². The third-order valence-corrected chi connectivity index (χ3v) is 5.56. The van der Waals surface area contributed by atoms with Crippen molar-refractivity contribution in [2.24, 2.45) is 0 Å². The monoisotopic (exact) mass is 369 g/mol. The van der Waals surface area contributed by atoms with Gasteiger partial charge in [0.2, 0.25) is 0 Å². The van der Waals surface area contributed by atoms with Crippen molar-refractivity contribution in [1.82, 2.24) is 0 Å². The van der Waals surface area contributed by atoms with Gasteiger partial charge in [0, 0.05) is 5.69 Å². The smallest absolute Gasteiger partial charge is 0.387 e. The zero-order chi connectivity index (χ0) is 18.7. The van der Waals surface area contributed by atoms with Gasteiger partial charge in [0.05, 0.1) is 4.90 Å². The fraction of sp³-hybridized carbons (Fsp3) is 0.333. The van der Waals surface area contributed by atoms with Crippen LogP contribution in [0, 0.1) is 0 Å². The largest absolute Gasteiger partial charge is 0.435 e. The third kappa shape index (κ3) is 4.92. The van der Waals surface area contributed by atoms with Gasteiger partial charge in [-0.1, -0.05) is 32.9 Å². The molecule has 0 aliphatic heterocycles. The zero-order valence-electron chi connectivity index (χ0n) is 14.3. The average molecular weight is 369 g/mol. The molecule has 0 atom stereocenters. The number of ether oxygens (including phenoxy) is 1. The quantitative estimate of drug-likeness (QED) is 0.764. The van der Waals surface area contributed by atoms with Gasteiger partial charge in [-0.15, -0.1) is 0 Å². The van der Waals surface area contributed by atoms with Crippen molar-refractivity contribution in [1.29, 1.82) is 0 Å². The lowest BCUT2D eigenvalue weighted by Crippen LogP contribution is -2.17. The molecule has 0 spiro atoms. The second-order valence-electron chi connectivity index (χ2n) is 6.27. The second-order valence-corrected chi connectivity index (χ2v) is 7.95. The molecule has 0 unspecified atom stereocenters. The van der Waals surface area contributed by atoms with Crippen molar-refractivity contribution < 1.29 is 21.9 Å². The first-order chi connectivity index (χ1) is 11.6. The van der Waals surface area contributed by atoms with Gasteiger partial charge < -0.3 is 4.74 Å². The molecule has 0 saturated heterocycles. The minimum absolute atomic E-state index is 0.0315. The molecule has 0 saturated carbocycles. The van der Waals surface area contributed by atoms with Gasteiger partial charge in [0.15, 0.2) is 0 Å². The van der Waals surface area contributed by atoms with Crippen LogP contribution in [0.3, 0.4) is 0 Å². The van der Waals surface area contributed by atoms with Crippen LogP contribution in [0.25, 0.3) is 0 Å². The number of benzene rings is 2. The van der Waals surface area contributed by atoms with E-state index in [2.05, 4.69) is 30.2 Å². The molecule has 2 aromatic rings. The van der Waals surface area contributed by atoms with E-state index in [0.717, 1.165) is 12.0 Å². The maximum Gasteiger partial charge on any atom is 0.387 e. The highest BCUT2D eigenvalue weighted by molar-refractivity contribution is 7.92. The molecule has 0 fully saturated rings. The van der Waals surface area contributed by atoms with Crippen LogP contribution in [0.5, 0.6) is 5.75 Å². The van der Waals surface area contributed by atoms with E-state index < -0.39 is 16.6 Å². The van der Waals surface area contributed by atoms with Crippen molar-refractivity contribution in [3.63, 3.8) is 0 Å². The van der Waals surface area contributed by atoms with E-state index in [9.17, 15) is 17.2 Å². The first-order valence-electron chi connectivity index (χ1n) is 7.82. The van der Waals surface area contributed by atoms with Crippen LogP contribution in [-0.4, -0.2) is 15.0 Å². The fourth-order valence-corrected chi connectivity index (χ4v) is 3.27. The standard InChI is InChI=1S/C18H21F2NO3S/c1-4-18(2,3)13-5-11-16(12-6-13)25(22,23)21-14-7-9-15(10-8-14)24-17(19)20/h5-12,17,21H,4H2,1-3H3. The molecular formula is C18H21F2NO3S. The summed E-state index contributed by atoms with van der Waals surface area (Å²) in [6.45, 7) is 3.34. The number of rotatable bonds is 7. The van der Waals surface area contributed by atoms with Crippen molar-refractivity contribution in [3.05, 3.63) is 54.1 Å². The van der Waals surface area contributed by atoms with Gasteiger partial charge in [-0.25, -0.2) is 8.42 Å². The fourth-order valence-electron chi connectivity index (χ4n) is 2.21. The number of sulfonamides is 1. The van der Waals surface area contributed by atoms with Crippen molar-refractivity contribution in [3.8, 4) is 5.75 Å². The molecule has 25 heavy (non-hydrogen) atoms. The van der Waals surface area contributed by atoms with E-state index >= 15 is 0 Å². The molecular weight excluding hydrogens is 348 g/mol. The minimum atomic E-state index is -3.76. The van der Waals surface area contributed by atoms with Crippen LogP contribution in [0.15, 0.2) is 53.4 Å². The Kier molecular flexibility index (Phi) is 5.67. The van der Waals surface area contributed by atoms with E-state index in [-0.39, 0.29) is 21.7 Å². The van der Waals surface area contributed by atoms with Crippen LogP contribution in [-0.2, 0) is 15.4 Å². The summed E-state index contributed by atoms with van der Waals surface area (Å²) in [5, 5.41) is 0. The Hall–Kier alpha value is -2.15. The predicted octanol–water partition coefficient (Wildman–Crippen LogP) is 4.78. The summed E-state index contributed by atoms with van der Waals surface area (Å²) < 4.78 is 55.8. The summed E-state index contributed by atoms with van der Waals surface area (Å²) in [5.41, 5.74) is 1.29. The van der Waals surface area contributed by atoms with Crippen LogP contribution >= 0.6 is 0 Å². The summed E-state index contributed by atoms with van der Waals surface area (Å²) in [7, 11) is -3.76. The number of alkyl halides is 2. The number of hydrogen-bond acceptors (Lipinski definition) is 3. The molecule has 0 heterocycles. The van der Waals surface area contributed by atoms with Crippen LogP contribution in [0.1, 0.15) is 32.8 Å². The Morgan fingerprint density at radius 1 is 1.04 bits per heavy atom. The molecule has 0 aliphatic carbocycles. The number of anilines is 1. The Labute approximate surface area is 146 Å². The molecule has 7 heteroatoms. The number of nitrogens with one attached hydrogen (secondary N) is 1. The third-order valence-electron chi connectivity index (χ3n) is 4.16. The molecule has 2 aromatic carbocycles. The molecule has 4 nitrogen and oxygen atoms in total. The van der Waals surface area contributed by atoms with Crippen molar-refractivity contribution in [2.45, 2.75) is 44.1 Å². The highest BCUT2D eigenvalue weighted by Gasteiger charge is 2.20. The number of halogens is 2. The topological polar surface area (TPSA) is 55.4 Å². The second kappa shape index (κ2) is 7.39. The highest BCUT2D eigenvalue weighted by Crippen LogP contribution is 2.28. The normalized spacial score (nSPS) is 12.2. The maximum absolute atomic E-state index is 12.4. The molecule has 0 radical (unpaired) electrons. The first-order valence-corrected chi connectivity index (χ1v) is 9.30. The van der Waals surface area contributed by atoms with E-state index in [4.69, 9.17) is 0 Å². The molecule has 0 bridgehead atoms. The van der Waals surface area contributed by atoms with Crippen molar-refractivity contribution >= 4 is 15.7 Å². The molecule has 1 N–H and O–H groups in total. The van der Waals surface area contributed by atoms with Gasteiger partial charge in [0.1, 0.15) is 5.75 Å². The lowest BCUT2D eigenvalue weighted by molar-refractivity contribution is -0.0498. The van der Waals surface area contributed by atoms with Gasteiger partial charge in [-0.05, 0) is 53.8 Å². The summed E-state index contributed by atoms with van der Waals surface area (Å²) in [4.78, 5) is 0.135. The Morgan fingerprint density at radius 3 is 2.08 bits per heavy atom. The van der Waals surface area contributed by atoms with Gasteiger partial charge in [-0.2, -0.15) is 8.78 Å². The SMILES string of the molecule is CCC(C)(C)c1ccc(S(=O)(=O)Nc2ccc(OC(F)F)cc2)cc1. The molecule has 0 aromatic heterocycles. The molecule has 136 valence electrons.